The molecule has 1 aromatic rings. The van der Waals surface area contributed by atoms with Gasteiger partial charge in [0.05, 0.1) is 6.10 Å². The van der Waals surface area contributed by atoms with E-state index >= 15 is 0 Å². The number of hydrogen-bond acceptors (Lipinski definition) is 5. The maximum Gasteiger partial charge on any atom is 0.407 e. The quantitative estimate of drug-likeness (QED) is 0.693. The van der Waals surface area contributed by atoms with Crippen molar-refractivity contribution in [3.05, 3.63) is 24.3 Å². The number of hydrogen-bond donors (Lipinski definition) is 3. The number of likely N-dealkylation sites (tertiary alicyclic amines) is 1. The van der Waals surface area contributed by atoms with Crippen molar-refractivity contribution in [2.24, 2.45) is 11.8 Å². The van der Waals surface area contributed by atoms with E-state index in [4.69, 9.17) is 9.84 Å². The van der Waals surface area contributed by atoms with E-state index in [9.17, 15) is 14.4 Å². The molecule has 8 nitrogen and oxygen atoms in total. The van der Waals surface area contributed by atoms with Gasteiger partial charge in [0.2, 0.25) is 11.8 Å². The van der Waals surface area contributed by atoms with E-state index in [0.29, 0.717) is 37.8 Å². The summed E-state index contributed by atoms with van der Waals surface area (Å²) < 4.78 is 6.07. The van der Waals surface area contributed by atoms with E-state index in [1.165, 1.54) is 4.90 Å². The first kappa shape index (κ1) is 17.6. The smallest absolute Gasteiger partial charge is 0.407 e. The summed E-state index contributed by atoms with van der Waals surface area (Å²) in [7, 11) is 0. The van der Waals surface area contributed by atoms with Crippen LogP contribution in [0.5, 0.6) is 5.75 Å². The minimum absolute atomic E-state index is 0.116. The molecule has 0 radical (unpaired) electrons. The van der Waals surface area contributed by atoms with Crippen LogP contribution in [0.2, 0.25) is 0 Å². The molecule has 0 bridgehead atoms. The largest absolute Gasteiger partial charge is 0.490 e. The molecule has 3 N–H and O–H groups in total. The lowest BCUT2D eigenvalue weighted by molar-refractivity contribution is -0.133. The molecule has 2 aliphatic heterocycles. The number of anilines is 1. The van der Waals surface area contributed by atoms with Gasteiger partial charge in [-0.15, -0.1) is 0 Å². The fraction of sp³-hybridized carbons (Fsp3) is 0.526. The molecule has 2 heterocycles. The first-order chi connectivity index (χ1) is 13.0. The molecule has 0 aromatic heterocycles. The van der Waals surface area contributed by atoms with Crippen LogP contribution in [0.4, 0.5) is 10.5 Å². The Labute approximate surface area is 156 Å². The second kappa shape index (κ2) is 7.09. The van der Waals surface area contributed by atoms with Crippen molar-refractivity contribution in [2.45, 2.75) is 37.8 Å². The summed E-state index contributed by atoms with van der Waals surface area (Å²) in [6, 6.07) is 7.06. The van der Waals surface area contributed by atoms with Crippen LogP contribution in [0, 0.1) is 11.8 Å². The third kappa shape index (κ3) is 3.84. The van der Waals surface area contributed by atoms with Gasteiger partial charge >= 0.3 is 6.09 Å². The zero-order chi connectivity index (χ0) is 19.0. The van der Waals surface area contributed by atoms with Gasteiger partial charge in [0, 0.05) is 25.2 Å². The summed E-state index contributed by atoms with van der Waals surface area (Å²) in [6.45, 7) is 1.21. The van der Waals surface area contributed by atoms with Gasteiger partial charge in [0.15, 0.2) is 0 Å². The molecule has 4 atom stereocenters. The van der Waals surface area contributed by atoms with Crippen LogP contribution in [0.1, 0.15) is 25.7 Å². The van der Waals surface area contributed by atoms with E-state index in [1.807, 2.05) is 24.3 Å². The summed E-state index contributed by atoms with van der Waals surface area (Å²) in [5, 5.41) is 14.6. The minimum atomic E-state index is -0.832. The summed E-state index contributed by atoms with van der Waals surface area (Å²) >= 11 is 0. The first-order valence-electron chi connectivity index (χ1n) is 9.33. The fourth-order valence-electron chi connectivity index (χ4n) is 4.35. The van der Waals surface area contributed by atoms with Crippen LogP contribution < -0.4 is 15.4 Å². The molecule has 3 aliphatic rings. The molecule has 4 rings (SSSR count). The molecule has 8 heteroatoms. The van der Waals surface area contributed by atoms with Crippen LogP contribution in [0.25, 0.3) is 0 Å². The van der Waals surface area contributed by atoms with E-state index in [2.05, 4.69) is 10.6 Å². The highest BCUT2D eigenvalue weighted by molar-refractivity contribution is 6.01. The highest BCUT2D eigenvalue weighted by Gasteiger charge is 2.43. The molecule has 1 aliphatic carbocycles. The van der Waals surface area contributed by atoms with E-state index in [0.717, 1.165) is 24.3 Å². The Morgan fingerprint density at radius 3 is 2.41 bits per heavy atom. The summed E-state index contributed by atoms with van der Waals surface area (Å²) in [6.07, 6.45) is 1.87. The Kier molecular flexibility index (Phi) is 4.63. The SMILES string of the molecule is O=C1CCC(Nc2ccc(OC3C[C@@H]4CN(C(=O)O)C[C@@H]4C3)cc2)C(=O)N1. The highest BCUT2D eigenvalue weighted by atomic mass is 16.5. The van der Waals surface area contributed by atoms with E-state index < -0.39 is 12.1 Å². The number of ether oxygens (including phenoxy) is 1. The Morgan fingerprint density at radius 1 is 1.15 bits per heavy atom. The Hall–Kier alpha value is -2.77. The average Bonchev–Trinajstić information content (AvgIpc) is 3.17. The predicted octanol–water partition coefficient (Wildman–Crippen LogP) is 1.67. The maximum absolute atomic E-state index is 11.8. The van der Waals surface area contributed by atoms with Gasteiger partial charge < -0.3 is 20.1 Å². The normalized spacial score (nSPS) is 30.0. The van der Waals surface area contributed by atoms with E-state index in [-0.39, 0.29) is 17.9 Å². The Balaban J connectivity index is 1.29. The topological polar surface area (TPSA) is 108 Å². The number of imide groups is 1. The Bertz CT molecular complexity index is 736. The average molecular weight is 373 g/mol. The second-order valence-corrected chi connectivity index (χ2v) is 7.59. The molecule has 1 saturated carbocycles. The van der Waals surface area contributed by atoms with Crippen molar-refractivity contribution in [2.75, 3.05) is 18.4 Å². The molecular formula is C19H23N3O5. The van der Waals surface area contributed by atoms with Crippen molar-refractivity contribution in [3.63, 3.8) is 0 Å². The zero-order valence-electron chi connectivity index (χ0n) is 14.9. The number of nitrogens with zero attached hydrogens (tertiary/aromatic N) is 1. The zero-order valence-corrected chi connectivity index (χ0v) is 14.9. The van der Waals surface area contributed by atoms with Gasteiger partial charge in [-0.25, -0.2) is 4.79 Å². The highest BCUT2D eigenvalue weighted by Crippen LogP contribution is 2.39. The fourth-order valence-corrected chi connectivity index (χ4v) is 4.35. The standard InChI is InChI=1S/C19H23N3O5/c23-17-6-5-16(18(24)21-17)20-13-1-3-14(4-2-13)27-15-7-11-9-22(19(25)26)10-12(11)8-15/h1-4,11-12,15-16,20H,5-10H2,(H,25,26)(H,21,23,24)/t11-,12+,15?,16?. The molecule has 1 aromatic carbocycles. The molecule has 3 amide bonds. The number of carboxylic acid groups (broad SMARTS) is 1. The molecule has 27 heavy (non-hydrogen) atoms. The molecule has 0 spiro atoms. The number of piperidine rings is 1. The van der Waals surface area contributed by atoms with Crippen molar-refractivity contribution in [1.82, 2.24) is 10.2 Å². The number of carbonyl (C=O) groups excluding carboxylic acids is 2. The molecular weight excluding hydrogens is 350 g/mol. The van der Waals surface area contributed by atoms with Crippen molar-refractivity contribution >= 4 is 23.6 Å². The van der Waals surface area contributed by atoms with Crippen molar-refractivity contribution < 1.29 is 24.2 Å². The van der Waals surface area contributed by atoms with E-state index in [1.54, 1.807) is 0 Å². The van der Waals surface area contributed by atoms with Crippen molar-refractivity contribution in [1.29, 1.82) is 0 Å². The van der Waals surface area contributed by atoms with Crippen LogP contribution in [-0.2, 0) is 9.59 Å². The lowest BCUT2D eigenvalue weighted by atomic mass is 10.0. The van der Waals surface area contributed by atoms with Crippen LogP contribution in [0.3, 0.4) is 0 Å². The van der Waals surface area contributed by atoms with Gasteiger partial charge in [-0.1, -0.05) is 0 Å². The van der Waals surface area contributed by atoms with Gasteiger partial charge in [-0.05, 0) is 55.4 Å². The maximum atomic E-state index is 11.8. The van der Waals surface area contributed by atoms with Gasteiger partial charge in [0.1, 0.15) is 11.8 Å². The lowest BCUT2D eigenvalue weighted by Gasteiger charge is -2.23. The summed E-state index contributed by atoms with van der Waals surface area (Å²) in [5.41, 5.74) is 0.803. The predicted molar refractivity (Wildman–Crippen MR) is 96.5 cm³/mol. The number of fused-ring (bicyclic) bond motifs is 1. The summed E-state index contributed by atoms with van der Waals surface area (Å²) in [5.74, 6) is 1.03. The van der Waals surface area contributed by atoms with Crippen LogP contribution >= 0.6 is 0 Å². The molecule has 3 fully saturated rings. The third-order valence-electron chi connectivity index (χ3n) is 5.72. The summed E-state index contributed by atoms with van der Waals surface area (Å²) in [4.78, 5) is 35.6. The Morgan fingerprint density at radius 2 is 1.81 bits per heavy atom. The molecule has 144 valence electrons. The minimum Gasteiger partial charge on any atom is -0.490 e. The van der Waals surface area contributed by atoms with Gasteiger partial charge in [0.25, 0.3) is 0 Å². The van der Waals surface area contributed by atoms with Crippen molar-refractivity contribution in [3.8, 4) is 5.75 Å². The van der Waals surface area contributed by atoms with Gasteiger partial charge in [-0.3, -0.25) is 14.9 Å². The third-order valence-corrected chi connectivity index (χ3v) is 5.72. The van der Waals surface area contributed by atoms with Crippen LogP contribution in [-0.4, -0.2) is 53.1 Å². The monoisotopic (exact) mass is 373 g/mol. The molecule has 2 saturated heterocycles. The number of benzene rings is 1. The first-order valence-corrected chi connectivity index (χ1v) is 9.33. The van der Waals surface area contributed by atoms with Gasteiger partial charge in [-0.2, -0.15) is 0 Å². The molecule has 2 unspecified atom stereocenters. The van der Waals surface area contributed by atoms with Crippen LogP contribution in [0.15, 0.2) is 24.3 Å². The number of nitrogens with one attached hydrogen (secondary N) is 2. The number of amides is 3. The number of carbonyl (C=O) groups is 3. The second-order valence-electron chi connectivity index (χ2n) is 7.59. The number of rotatable bonds is 4. The lowest BCUT2D eigenvalue weighted by Crippen LogP contribution is -2.47.